The Labute approximate surface area is 237 Å². The van der Waals surface area contributed by atoms with Crippen LogP contribution in [0.15, 0.2) is 79.0 Å². The van der Waals surface area contributed by atoms with Gasteiger partial charge in [-0.1, -0.05) is 12.1 Å². The average Bonchev–Trinajstić information content (AvgIpc) is 2.95. The quantitative estimate of drug-likeness (QED) is 0.173. The molecule has 0 unspecified atom stereocenters. The molecule has 0 spiro atoms. The Kier molecular flexibility index (Phi) is 7.82. The van der Waals surface area contributed by atoms with Crippen LogP contribution in [-0.4, -0.2) is 29.1 Å². The SMILES string of the molecule is COc1ccc(CN2Cc3c(Nc4ccc(NC(=O)Nc5ccc(F)cc5C(F)(F)F)cc4)ccnc3NC2=O)cc1. The fraction of sp³-hybridized carbons (Fsp3) is 0.138. The van der Waals surface area contributed by atoms with E-state index in [2.05, 4.69) is 26.3 Å². The van der Waals surface area contributed by atoms with E-state index in [-0.39, 0.29) is 6.03 Å². The number of ether oxygens (including phenoxy) is 1. The van der Waals surface area contributed by atoms with E-state index < -0.39 is 29.3 Å². The fourth-order valence-corrected chi connectivity index (χ4v) is 4.34. The molecule has 0 fully saturated rings. The van der Waals surface area contributed by atoms with Gasteiger partial charge in [-0.05, 0) is 66.2 Å². The van der Waals surface area contributed by atoms with Crippen molar-refractivity contribution in [2.45, 2.75) is 19.3 Å². The van der Waals surface area contributed by atoms with Gasteiger partial charge >= 0.3 is 18.2 Å². The number of nitrogens with one attached hydrogen (secondary N) is 4. The smallest absolute Gasteiger partial charge is 0.418 e. The zero-order valence-corrected chi connectivity index (χ0v) is 22.1. The van der Waals surface area contributed by atoms with Crippen LogP contribution in [0.2, 0.25) is 0 Å². The lowest BCUT2D eigenvalue weighted by Gasteiger charge is -2.30. The molecule has 1 aliphatic heterocycles. The molecule has 0 bridgehead atoms. The van der Waals surface area contributed by atoms with Crippen LogP contribution < -0.4 is 26.0 Å². The topological polar surface area (TPSA) is 108 Å². The number of benzene rings is 3. The number of methoxy groups -OCH3 is 1. The van der Waals surface area contributed by atoms with E-state index in [1.807, 2.05) is 24.3 Å². The van der Waals surface area contributed by atoms with E-state index in [4.69, 9.17) is 4.74 Å². The molecule has 4 amide bonds. The Balaban J connectivity index is 1.25. The highest BCUT2D eigenvalue weighted by Gasteiger charge is 2.34. The summed E-state index contributed by atoms with van der Waals surface area (Å²) >= 11 is 0. The number of halogens is 4. The van der Waals surface area contributed by atoms with Crippen molar-refractivity contribution in [1.29, 1.82) is 0 Å². The first kappa shape index (κ1) is 28.2. The van der Waals surface area contributed by atoms with E-state index in [1.54, 1.807) is 48.5 Å². The number of carbonyl (C=O) groups is 2. The van der Waals surface area contributed by atoms with Crippen molar-refractivity contribution >= 4 is 40.6 Å². The van der Waals surface area contributed by atoms with Crippen molar-refractivity contribution < 1.29 is 31.9 Å². The van der Waals surface area contributed by atoms with Crippen LogP contribution in [0.4, 0.5) is 55.7 Å². The standard InChI is InChI=1S/C29H24F4N6O3/c1-42-21-9-2-17(3-10-21)15-39-16-22-24(12-13-34-26(22)38-28(39)41)35-19-5-7-20(8-6-19)36-27(40)37-25-11-4-18(30)14-23(25)29(31,32)33/h2-14H,15-16H2,1H3,(H2,36,37,40)(H2,34,35,38,41). The van der Waals surface area contributed by atoms with Crippen molar-refractivity contribution in [2.75, 3.05) is 28.4 Å². The number of anilines is 5. The summed E-state index contributed by atoms with van der Waals surface area (Å²) in [4.78, 5) is 31.0. The maximum Gasteiger partial charge on any atom is 0.418 e. The molecule has 9 nitrogen and oxygen atoms in total. The van der Waals surface area contributed by atoms with Gasteiger partial charge in [-0.25, -0.2) is 19.0 Å². The molecular weight excluding hydrogens is 556 g/mol. The molecule has 0 atom stereocenters. The van der Waals surface area contributed by atoms with Gasteiger partial charge < -0.3 is 25.6 Å². The van der Waals surface area contributed by atoms with Crippen LogP contribution >= 0.6 is 0 Å². The number of nitrogens with zero attached hydrogens (tertiary/aromatic N) is 2. The minimum absolute atomic E-state index is 0.278. The minimum Gasteiger partial charge on any atom is -0.497 e. The monoisotopic (exact) mass is 580 g/mol. The second kappa shape index (κ2) is 11.6. The zero-order valence-electron chi connectivity index (χ0n) is 22.1. The van der Waals surface area contributed by atoms with Gasteiger partial charge in [-0.3, -0.25) is 5.32 Å². The first-order valence-electron chi connectivity index (χ1n) is 12.6. The molecule has 0 saturated carbocycles. The maximum atomic E-state index is 13.3. The summed E-state index contributed by atoms with van der Waals surface area (Å²) in [7, 11) is 1.58. The number of pyridine rings is 1. The number of aromatic nitrogens is 1. The third kappa shape index (κ3) is 6.52. The first-order valence-corrected chi connectivity index (χ1v) is 12.6. The van der Waals surface area contributed by atoms with Crippen LogP contribution in [0, 0.1) is 5.82 Å². The zero-order chi connectivity index (χ0) is 29.9. The molecule has 0 saturated heterocycles. The molecule has 216 valence electrons. The summed E-state index contributed by atoms with van der Waals surface area (Å²) in [6, 6.07) is 16.4. The van der Waals surface area contributed by atoms with Gasteiger partial charge in [0.05, 0.1) is 24.9 Å². The van der Waals surface area contributed by atoms with E-state index in [1.165, 1.54) is 0 Å². The van der Waals surface area contributed by atoms with Crippen LogP contribution in [0.5, 0.6) is 5.75 Å². The molecule has 4 aromatic rings. The maximum absolute atomic E-state index is 13.3. The van der Waals surface area contributed by atoms with Gasteiger partial charge in [0.15, 0.2) is 0 Å². The van der Waals surface area contributed by atoms with E-state index in [0.717, 1.165) is 23.3 Å². The third-order valence-corrected chi connectivity index (χ3v) is 6.41. The molecule has 1 aromatic heterocycles. The molecule has 0 aliphatic carbocycles. The summed E-state index contributed by atoms with van der Waals surface area (Å²) in [6.45, 7) is 0.668. The summed E-state index contributed by atoms with van der Waals surface area (Å²) in [6.07, 6.45) is -3.29. The predicted molar refractivity (Wildman–Crippen MR) is 149 cm³/mol. The summed E-state index contributed by atoms with van der Waals surface area (Å²) < 4.78 is 58.2. The highest BCUT2D eigenvalue weighted by molar-refractivity contribution is 6.00. The predicted octanol–water partition coefficient (Wildman–Crippen LogP) is 7.18. The molecule has 0 radical (unpaired) electrons. The van der Waals surface area contributed by atoms with E-state index >= 15 is 0 Å². The number of carbonyl (C=O) groups excluding carboxylic acids is 2. The lowest BCUT2D eigenvalue weighted by Crippen LogP contribution is -2.38. The summed E-state index contributed by atoms with van der Waals surface area (Å²) in [5, 5.41) is 10.6. The Morgan fingerprint density at radius 1 is 0.976 bits per heavy atom. The second-order valence-corrected chi connectivity index (χ2v) is 9.29. The molecule has 3 aromatic carbocycles. The molecule has 2 heterocycles. The second-order valence-electron chi connectivity index (χ2n) is 9.29. The highest BCUT2D eigenvalue weighted by atomic mass is 19.4. The summed E-state index contributed by atoms with van der Waals surface area (Å²) in [5.74, 6) is 0.0808. The molecule has 5 rings (SSSR count). The first-order chi connectivity index (χ1) is 20.1. The number of hydrogen-bond donors (Lipinski definition) is 4. The lowest BCUT2D eigenvalue weighted by atomic mass is 10.1. The Bertz CT molecular complexity index is 1610. The van der Waals surface area contributed by atoms with Crippen LogP contribution in [-0.2, 0) is 19.3 Å². The largest absolute Gasteiger partial charge is 0.497 e. The Hall–Kier alpha value is -5.33. The van der Waals surface area contributed by atoms with E-state index in [0.29, 0.717) is 47.8 Å². The van der Waals surface area contributed by atoms with Crippen molar-refractivity contribution in [3.8, 4) is 5.75 Å². The third-order valence-electron chi connectivity index (χ3n) is 6.41. The van der Waals surface area contributed by atoms with Crippen molar-refractivity contribution in [1.82, 2.24) is 9.88 Å². The average molecular weight is 581 g/mol. The van der Waals surface area contributed by atoms with Crippen LogP contribution in [0.1, 0.15) is 16.7 Å². The summed E-state index contributed by atoms with van der Waals surface area (Å²) in [5.41, 5.74) is 1.48. The van der Waals surface area contributed by atoms with Crippen molar-refractivity contribution in [3.05, 3.63) is 102 Å². The van der Waals surface area contributed by atoms with Crippen LogP contribution in [0.25, 0.3) is 0 Å². The highest BCUT2D eigenvalue weighted by Crippen LogP contribution is 2.35. The van der Waals surface area contributed by atoms with E-state index in [9.17, 15) is 27.2 Å². The van der Waals surface area contributed by atoms with Gasteiger partial charge in [-0.2, -0.15) is 13.2 Å². The number of urea groups is 2. The number of rotatable bonds is 7. The minimum atomic E-state index is -4.85. The number of alkyl halides is 3. The van der Waals surface area contributed by atoms with Crippen LogP contribution in [0.3, 0.4) is 0 Å². The molecule has 4 N–H and O–H groups in total. The van der Waals surface area contributed by atoms with Crippen molar-refractivity contribution in [3.63, 3.8) is 0 Å². The normalized spacial score (nSPS) is 12.7. The van der Waals surface area contributed by atoms with Gasteiger partial charge in [0.1, 0.15) is 17.4 Å². The Morgan fingerprint density at radius 2 is 1.69 bits per heavy atom. The Morgan fingerprint density at radius 3 is 2.38 bits per heavy atom. The number of fused-ring (bicyclic) bond motifs is 1. The van der Waals surface area contributed by atoms with Crippen molar-refractivity contribution in [2.24, 2.45) is 0 Å². The van der Waals surface area contributed by atoms with Gasteiger partial charge in [-0.15, -0.1) is 0 Å². The number of amides is 4. The number of hydrogen-bond acceptors (Lipinski definition) is 5. The molecule has 1 aliphatic rings. The molecule has 42 heavy (non-hydrogen) atoms. The van der Waals surface area contributed by atoms with Gasteiger partial charge in [0.25, 0.3) is 0 Å². The van der Waals surface area contributed by atoms with Gasteiger partial charge in [0.2, 0.25) is 0 Å². The lowest BCUT2D eigenvalue weighted by molar-refractivity contribution is -0.137. The van der Waals surface area contributed by atoms with Gasteiger partial charge in [0, 0.05) is 35.4 Å². The molecular formula is C29H24F4N6O3. The molecule has 13 heteroatoms. The fourth-order valence-electron chi connectivity index (χ4n) is 4.34.